The molecule has 0 bridgehead atoms. The van der Waals surface area contributed by atoms with E-state index < -0.39 is 0 Å². The molecule has 0 aliphatic rings. The van der Waals surface area contributed by atoms with E-state index in [4.69, 9.17) is 0 Å². The number of halogens is 2. The van der Waals surface area contributed by atoms with Crippen molar-refractivity contribution in [3.63, 3.8) is 0 Å². The SMILES string of the molecule is CNCc1cc(F)cc(-n2nc(C)c(Br)c2C)c1. The second kappa shape index (κ2) is 5.20. The lowest BCUT2D eigenvalue weighted by molar-refractivity contribution is 0.620. The fourth-order valence-electron chi connectivity index (χ4n) is 1.94. The van der Waals surface area contributed by atoms with Crippen LogP contribution in [-0.2, 0) is 6.54 Å². The average Bonchev–Trinajstić information content (AvgIpc) is 2.57. The van der Waals surface area contributed by atoms with Gasteiger partial charge < -0.3 is 5.32 Å². The molecule has 0 radical (unpaired) electrons. The average molecular weight is 312 g/mol. The van der Waals surface area contributed by atoms with E-state index in [2.05, 4.69) is 26.3 Å². The molecule has 0 saturated heterocycles. The molecule has 0 saturated carbocycles. The highest BCUT2D eigenvalue weighted by Crippen LogP contribution is 2.23. The molecule has 0 amide bonds. The fourth-order valence-corrected chi connectivity index (χ4v) is 2.18. The summed E-state index contributed by atoms with van der Waals surface area (Å²) in [7, 11) is 1.84. The molecule has 0 fully saturated rings. The summed E-state index contributed by atoms with van der Waals surface area (Å²) in [6, 6.07) is 4.96. The zero-order chi connectivity index (χ0) is 13.3. The minimum absolute atomic E-state index is 0.249. The largest absolute Gasteiger partial charge is 0.316 e. The lowest BCUT2D eigenvalue weighted by Crippen LogP contribution is -2.07. The summed E-state index contributed by atoms with van der Waals surface area (Å²) in [5, 5.41) is 7.42. The summed E-state index contributed by atoms with van der Waals surface area (Å²) in [6.45, 7) is 4.50. The highest BCUT2D eigenvalue weighted by molar-refractivity contribution is 9.10. The number of nitrogens with zero attached hydrogens (tertiary/aromatic N) is 2. The van der Waals surface area contributed by atoms with Crippen LogP contribution < -0.4 is 5.32 Å². The van der Waals surface area contributed by atoms with Crippen LogP contribution in [0.1, 0.15) is 17.0 Å². The highest BCUT2D eigenvalue weighted by atomic mass is 79.9. The molecule has 1 aromatic heterocycles. The van der Waals surface area contributed by atoms with Crippen molar-refractivity contribution in [1.82, 2.24) is 15.1 Å². The maximum Gasteiger partial charge on any atom is 0.125 e. The van der Waals surface area contributed by atoms with E-state index in [0.29, 0.717) is 6.54 Å². The van der Waals surface area contributed by atoms with Gasteiger partial charge in [-0.15, -0.1) is 0 Å². The van der Waals surface area contributed by atoms with E-state index in [-0.39, 0.29) is 5.82 Å². The van der Waals surface area contributed by atoms with Crippen LogP contribution in [0.2, 0.25) is 0 Å². The third-order valence-electron chi connectivity index (χ3n) is 2.77. The number of nitrogens with one attached hydrogen (secondary N) is 1. The van der Waals surface area contributed by atoms with E-state index in [0.717, 1.165) is 27.1 Å². The van der Waals surface area contributed by atoms with Crippen LogP contribution in [0.25, 0.3) is 5.69 Å². The summed E-state index contributed by atoms with van der Waals surface area (Å²) in [4.78, 5) is 0. The van der Waals surface area contributed by atoms with Crippen molar-refractivity contribution in [3.05, 3.63) is 45.4 Å². The quantitative estimate of drug-likeness (QED) is 0.944. The minimum Gasteiger partial charge on any atom is -0.316 e. The van der Waals surface area contributed by atoms with Crippen LogP contribution in [0.5, 0.6) is 0 Å². The van der Waals surface area contributed by atoms with Gasteiger partial charge in [0.1, 0.15) is 5.82 Å². The molecule has 18 heavy (non-hydrogen) atoms. The number of hydrogen-bond donors (Lipinski definition) is 1. The summed E-state index contributed by atoms with van der Waals surface area (Å²) in [5.74, 6) is -0.249. The predicted molar refractivity (Wildman–Crippen MR) is 73.5 cm³/mol. The van der Waals surface area contributed by atoms with Crippen molar-refractivity contribution >= 4 is 15.9 Å². The molecule has 2 aromatic rings. The molecule has 0 aliphatic heterocycles. The van der Waals surface area contributed by atoms with Gasteiger partial charge in [-0.25, -0.2) is 9.07 Å². The third kappa shape index (κ3) is 2.47. The first kappa shape index (κ1) is 13.2. The van der Waals surface area contributed by atoms with Gasteiger partial charge in [0, 0.05) is 6.54 Å². The lowest BCUT2D eigenvalue weighted by atomic mass is 10.2. The molecule has 0 aliphatic carbocycles. The number of benzene rings is 1. The Morgan fingerprint density at radius 1 is 1.33 bits per heavy atom. The molecule has 3 nitrogen and oxygen atoms in total. The van der Waals surface area contributed by atoms with Gasteiger partial charge in [0.15, 0.2) is 0 Å². The third-order valence-corrected chi connectivity index (χ3v) is 3.92. The van der Waals surface area contributed by atoms with Gasteiger partial charge in [0.25, 0.3) is 0 Å². The van der Waals surface area contributed by atoms with Crippen molar-refractivity contribution in [2.24, 2.45) is 0 Å². The summed E-state index contributed by atoms with van der Waals surface area (Å²) in [5.41, 5.74) is 3.50. The first-order chi connectivity index (χ1) is 8.52. The van der Waals surface area contributed by atoms with Gasteiger partial charge in [0.05, 0.1) is 21.5 Å². The molecular weight excluding hydrogens is 297 g/mol. The Balaban J connectivity index is 2.52. The van der Waals surface area contributed by atoms with E-state index >= 15 is 0 Å². The predicted octanol–water partition coefficient (Wildman–Crippen LogP) is 3.11. The Morgan fingerprint density at radius 3 is 2.61 bits per heavy atom. The van der Waals surface area contributed by atoms with Crippen molar-refractivity contribution < 1.29 is 4.39 Å². The van der Waals surface area contributed by atoms with Gasteiger partial charge in [-0.3, -0.25) is 0 Å². The summed E-state index contributed by atoms with van der Waals surface area (Å²) >= 11 is 3.48. The smallest absolute Gasteiger partial charge is 0.125 e. The summed E-state index contributed by atoms with van der Waals surface area (Å²) < 4.78 is 16.3. The molecule has 5 heteroatoms. The topological polar surface area (TPSA) is 29.9 Å². The fraction of sp³-hybridized carbons (Fsp3) is 0.308. The van der Waals surface area contributed by atoms with E-state index in [9.17, 15) is 4.39 Å². The van der Waals surface area contributed by atoms with Crippen LogP contribution in [-0.4, -0.2) is 16.8 Å². The van der Waals surface area contributed by atoms with Crippen molar-refractivity contribution in [2.75, 3.05) is 7.05 Å². The molecule has 1 heterocycles. The maximum atomic E-state index is 13.6. The first-order valence-corrected chi connectivity index (χ1v) is 6.48. The van der Waals surface area contributed by atoms with Crippen LogP contribution >= 0.6 is 15.9 Å². The first-order valence-electron chi connectivity index (χ1n) is 5.69. The monoisotopic (exact) mass is 311 g/mol. The Hall–Kier alpha value is -1.20. The maximum absolute atomic E-state index is 13.6. The number of aryl methyl sites for hydroxylation is 1. The van der Waals surface area contributed by atoms with Crippen molar-refractivity contribution in [2.45, 2.75) is 20.4 Å². The Labute approximate surface area is 114 Å². The Morgan fingerprint density at radius 2 is 2.06 bits per heavy atom. The molecule has 96 valence electrons. The van der Waals surface area contributed by atoms with E-state index in [1.54, 1.807) is 4.68 Å². The standard InChI is InChI=1S/C13H15BrFN3/c1-8-13(14)9(2)18(17-8)12-5-10(7-16-3)4-11(15)6-12/h4-6,16H,7H2,1-3H3. The lowest BCUT2D eigenvalue weighted by Gasteiger charge is -2.08. The van der Waals surface area contributed by atoms with Crippen molar-refractivity contribution in [3.8, 4) is 5.69 Å². The van der Waals surface area contributed by atoms with Gasteiger partial charge in [-0.05, 0) is 60.6 Å². The molecule has 0 unspecified atom stereocenters. The number of hydrogen-bond acceptors (Lipinski definition) is 2. The van der Waals surface area contributed by atoms with Crippen LogP contribution in [0.3, 0.4) is 0 Å². The van der Waals surface area contributed by atoms with Crippen LogP contribution in [0.4, 0.5) is 4.39 Å². The molecule has 2 rings (SSSR count). The van der Waals surface area contributed by atoms with Gasteiger partial charge >= 0.3 is 0 Å². The van der Waals surface area contributed by atoms with Crippen molar-refractivity contribution in [1.29, 1.82) is 0 Å². The number of aromatic nitrogens is 2. The minimum atomic E-state index is -0.249. The van der Waals surface area contributed by atoms with Crippen LogP contribution in [0, 0.1) is 19.7 Å². The molecule has 0 spiro atoms. The Kier molecular flexibility index (Phi) is 3.82. The highest BCUT2D eigenvalue weighted by Gasteiger charge is 2.11. The zero-order valence-corrected chi connectivity index (χ0v) is 12.2. The van der Waals surface area contributed by atoms with Gasteiger partial charge in [-0.1, -0.05) is 0 Å². The molecule has 1 N–H and O–H groups in total. The molecular formula is C13H15BrFN3. The van der Waals surface area contributed by atoms with E-state index in [1.807, 2.05) is 27.0 Å². The number of rotatable bonds is 3. The summed E-state index contributed by atoms with van der Waals surface area (Å²) in [6.07, 6.45) is 0. The zero-order valence-electron chi connectivity index (χ0n) is 10.6. The second-order valence-corrected chi connectivity index (χ2v) is 5.04. The van der Waals surface area contributed by atoms with Crippen LogP contribution in [0.15, 0.2) is 22.7 Å². The van der Waals surface area contributed by atoms with Gasteiger partial charge in [0.2, 0.25) is 0 Å². The molecule has 0 atom stereocenters. The second-order valence-electron chi connectivity index (χ2n) is 4.24. The normalized spacial score (nSPS) is 10.9. The molecule has 1 aromatic carbocycles. The van der Waals surface area contributed by atoms with Gasteiger partial charge in [-0.2, -0.15) is 5.10 Å². The van der Waals surface area contributed by atoms with E-state index in [1.165, 1.54) is 12.1 Å². The Bertz CT molecular complexity index is 578.